The Kier molecular flexibility index (Phi) is 4.10. The highest BCUT2D eigenvalue weighted by molar-refractivity contribution is 5.96. The predicted molar refractivity (Wildman–Crippen MR) is 97.9 cm³/mol. The summed E-state index contributed by atoms with van der Waals surface area (Å²) in [7, 11) is 1.62. The molecule has 1 aliphatic rings. The van der Waals surface area contributed by atoms with Crippen molar-refractivity contribution in [2.75, 3.05) is 24.4 Å². The third-order valence-electron chi connectivity index (χ3n) is 3.89. The van der Waals surface area contributed by atoms with Crippen LogP contribution in [0.2, 0.25) is 0 Å². The largest absolute Gasteiger partial charge is 0.497 e. The number of nitrogens with one attached hydrogen (secondary N) is 2. The van der Waals surface area contributed by atoms with Gasteiger partial charge in [-0.15, -0.1) is 0 Å². The van der Waals surface area contributed by atoms with Gasteiger partial charge in [0.1, 0.15) is 11.5 Å². The number of rotatable bonds is 4. The van der Waals surface area contributed by atoms with Crippen LogP contribution in [0.1, 0.15) is 0 Å². The number of aromatic nitrogens is 2. The lowest BCUT2D eigenvalue weighted by atomic mass is 10.1. The molecule has 3 aromatic rings. The Morgan fingerprint density at radius 2 is 2.12 bits per heavy atom. The number of carbonyl (C=O) groups is 1. The van der Waals surface area contributed by atoms with E-state index in [-0.39, 0.29) is 12.5 Å². The van der Waals surface area contributed by atoms with Gasteiger partial charge < -0.3 is 20.1 Å². The van der Waals surface area contributed by atoms with Crippen molar-refractivity contribution >= 4 is 23.2 Å². The minimum absolute atomic E-state index is 0.0362. The molecule has 2 aromatic carbocycles. The lowest BCUT2D eigenvalue weighted by Crippen LogP contribution is -2.25. The van der Waals surface area contributed by atoms with Gasteiger partial charge in [0.05, 0.1) is 18.5 Å². The maximum absolute atomic E-state index is 11.5. The molecule has 1 aromatic heterocycles. The van der Waals surface area contributed by atoms with E-state index < -0.39 is 0 Å². The van der Waals surface area contributed by atoms with E-state index in [4.69, 9.17) is 9.47 Å². The predicted octanol–water partition coefficient (Wildman–Crippen LogP) is 3.23. The highest BCUT2D eigenvalue weighted by Gasteiger charge is 2.16. The van der Waals surface area contributed by atoms with E-state index in [1.807, 2.05) is 48.5 Å². The lowest BCUT2D eigenvalue weighted by Gasteiger charge is -2.18. The molecule has 4 rings (SSSR count). The molecule has 7 nitrogen and oxygen atoms in total. The summed E-state index contributed by atoms with van der Waals surface area (Å²) in [6, 6.07) is 14.9. The number of anilines is 3. The van der Waals surface area contributed by atoms with Crippen molar-refractivity contribution in [1.82, 2.24) is 9.97 Å². The number of benzene rings is 2. The van der Waals surface area contributed by atoms with Gasteiger partial charge in [-0.2, -0.15) is 0 Å². The van der Waals surface area contributed by atoms with Crippen LogP contribution >= 0.6 is 0 Å². The summed E-state index contributed by atoms with van der Waals surface area (Å²) in [6.07, 6.45) is 1.68. The first-order chi connectivity index (χ1) is 12.7. The van der Waals surface area contributed by atoms with Crippen molar-refractivity contribution in [2.45, 2.75) is 0 Å². The average molecular weight is 348 g/mol. The van der Waals surface area contributed by atoms with Crippen LogP contribution in [-0.2, 0) is 4.79 Å². The summed E-state index contributed by atoms with van der Waals surface area (Å²) in [4.78, 5) is 20.3. The van der Waals surface area contributed by atoms with Gasteiger partial charge in [-0.05, 0) is 36.4 Å². The second-order valence-electron chi connectivity index (χ2n) is 5.67. The molecule has 2 heterocycles. The third-order valence-corrected chi connectivity index (χ3v) is 3.89. The van der Waals surface area contributed by atoms with Crippen LogP contribution in [0.4, 0.5) is 17.3 Å². The van der Waals surface area contributed by atoms with Gasteiger partial charge in [0.15, 0.2) is 6.61 Å². The van der Waals surface area contributed by atoms with E-state index in [0.29, 0.717) is 17.4 Å². The van der Waals surface area contributed by atoms with Crippen LogP contribution in [0.3, 0.4) is 0 Å². The van der Waals surface area contributed by atoms with E-state index >= 15 is 0 Å². The van der Waals surface area contributed by atoms with E-state index in [0.717, 1.165) is 22.7 Å². The normalized spacial score (nSPS) is 12.6. The maximum atomic E-state index is 11.5. The first-order valence-electron chi connectivity index (χ1n) is 8.02. The van der Waals surface area contributed by atoms with Gasteiger partial charge in [0.2, 0.25) is 5.95 Å². The minimum Gasteiger partial charge on any atom is -0.497 e. The van der Waals surface area contributed by atoms with Crippen LogP contribution in [0.25, 0.3) is 11.3 Å². The fourth-order valence-electron chi connectivity index (χ4n) is 2.65. The van der Waals surface area contributed by atoms with Crippen LogP contribution in [0, 0.1) is 0 Å². The molecule has 0 radical (unpaired) electrons. The third kappa shape index (κ3) is 3.27. The van der Waals surface area contributed by atoms with Crippen molar-refractivity contribution in [2.24, 2.45) is 0 Å². The van der Waals surface area contributed by atoms with Gasteiger partial charge in [0, 0.05) is 23.5 Å². The number of methoxy groups -OCH3 is 1. The zero-order chi connectivity index (χ0) is 17.9. The second-order valence-corrected chi connectivity index (χ2v) is 5.67. The first-order valence-corrected chi connectivity index (χ1v) is 8.02. The van der Waals surface area contributed by atoms with Gasteiger partial charge in [-0.25, -0.2) is 9.97 Å². The molecule has 130 valence electrons. The zero-order valence-corrected chi connectivity index (χ0v) is 14.0. The smallest absolute Gasteiger partial charge is 0.262 e. The molecule has 1 amide bonds. The fourth-order valence-corrected chi connectivity index (χ4v) is 2.65. The van der Waals surface area contributed by atoms with Crippen LogP contribution < -0.4 is 20.1 Å². The van der Waals surface area contributed by atoms with E-state index in [1.54, 1.807) is 13.3 Å². The molecular formula is C19H16N4O3. The Labute approximate surface area is 150 Å². The molecule has 2 N–H and O–H groups in total. The summed E-state index contributed by atoms with van der Waals surface area (Å²) in [5.41, 5.74) is 3.05. The minimum atomic E-state index is -0.169. The Morgan fingerprint density at radius 3 is 3.00 bits per heavy atom. The standard InChI is InChI=1S/C19H16N4O3/c1-25-14-4-2-3-13(10-14)21-19-20-8-7-15(23-19)12-5-6-17-16(9-12)22-18(24)11-26-17/h2-10H,11H2,1H3,(H,22,24)(H,20,21,23). The molecule has 0 saturated carbocycles. The monoisotopic (exact) mass is 348 g/mol. The second kappa shape index (κ2) is 6.72. The van der Waals surface area contributed by atoms with Crippen LogP contribution in [-0.4, -0.2) is 29.6 Å². The summed E-state index contributed by atoms with van der Waals surface area (Å²) < 4.78 is 10.6. The molecule has 0 aliphatic carbocycles. The number of amides is 1. The van der Waals surface area contributed by atoms with Gasteiger partial charge in [-0.1, -0.05) is 6.07 Å². The molecule has 1 aliphatic heterocycles. The van der Waals surface area contributed by atoms with E-state index in [9.17, 15) is 4.79 Å². The number of nitrogens with zero attached hydrogens (tertiary/aromatic N) is 2. The fraction of sp³-hybridized carbons (Fsp3) is 0.105. The van der Waals surface area contributed by atoms with Crippen molar-refractivity contribution < 1.29 is 14.3 Å². The average Bonchev–Trinajstić information content (AvgIpc) is 2.68. The Bertz CT molecular complexity index is 975. The Hall–Kier alpha value is -3.61. The maximum Gasteiger partial charge on any atom is 0.262 e. The summed E-state index contributed by atoms with van der Waals surface area (Å²) in [5.74, 6) is 1.69. The van der Waals surface area contributed by atoms with E-state index in [1.165, 1.54) is 0 Å². The van der Waals surface area contributed by atoms with Crippen molar-refractivity contribution in [3.8, 4) is 22.8 Å². The van der Waals surface area contributed by atoms with Gasteiger partial charge in [-0.3, -0.25) is 4.79 Å². The molecular weight excluding hydrogens is 332 g/mol. The SMILES string of the molecule is COc1cccc(Nc2nccc(-c3ccc4c(c3)NC(=O)CO4)n2)c1. The number of hydrogen-bond donors (Lipinski definition) is 2. The molecule has 0 atom stereocenters. The van der Waals surface area contributed by atoms with Gasteiger partial charge in [0.25, 0.3) is 5.91 Å². The van der Waals surface area contributed by atoms with E-state index in [2.05, 4.69) is 20.6 Å². The zero-order valence-electron chi connectivity index (χ0n) is 14.0. The molecule has 0 unspecified atom stereocenters. The Balaban J connectivity index is 1.61. The molecule has 0 spiro atoms. The lowest BCUT2D eigenvalue weighted by molar-refractivity contribution is -0.118. The molecule has 0 saturated heterocycles. The number of hydrogen-bond acceptors (Lipinski definition) is 6. The molecule has 0 fully saturated rings. The summed E-state index contributed by atoms with van der Waals surface area (Å²) >= 11 is 0. The van der Waals surface area contributed by atoms with Crippen molar-refractivity contribution in [3.63, 3.8) is 0 Å². The van der Waals surface area contributed by atoms with Crippen LogP contribution in [0.5, 0.6) is 11.5 Å². The quantitative estimate of drug-likeness (QED) is 0.753. The topological polar surface area (TPSA) is 85.4 Å². The number of fused-ring (bicyclic) bond motifs is 1. The first kappa shape index (κ1) is 15.9. The highest BCUT2D eigenvalue weighted by Crippen LogP contribution is 2.32. The van der Waals surface area contributed by atoms with Crippen molar-refractivity contribution in [3.05, 3.63) is 54.7 Å². The molecule has 0 bridgehead atoms. The summed E-state index contributed by atoms with van der Waals surface area (Å²) in [6.45, 7) is 0.0362. The van der Waals surface area contributed by atoms with Gasteiger partial charge >= 0.3 is 0 Å². The highest BCUT2D eigenvalue weighted by atomic mass is 16.5. The number of ether oxygens (including phenoxy) is 2. The molecule has 26 heavy (non-hydrogen) atoms. The summed E-state index contributed by atoms with van der Waals surface area (Å²) in [5, 5.41) is 5.96. The Morgan fingerprint density at radius 1 is 1.19 bits per heavy atom. The van der Waals surface area contributed by atoms with Crippen molar-refractivity contribution in [1.29, 1.82) is 0 Å². The molecule has 7 heteroatoms. The van der Waals surface area contributed by atoms with Crippen LogP contribution in [0.15, 0.2) is 54.7 Å². The number of carbonyl (C=O) groups excluding carboxylic acids is 1.